The predicted octanol–water partition coefficient (Wildman–Crippen LogP) is 2.95. The molecule has 0 saturated carbocycles. The highest BCUT2D eigenvalue weighted by atomic mass is 16.5. The topological polar surface area (TPSA) is 102 Å². The molecule has 0 aliphatic carbocycles. The summed E-state index contributed by atoms with van der Waals surface area (Å²) in [6, 6.07) is 6.99. The quantitative estimate of drug-likeness (QED) is 0.563. The van der Waals surface area contributed by atoms with Crippen molar-refractivity contribution in [1.82, 2.24) is 24.6 Å². The van der Waals surface area contributed by atoms with Crippen LogP contribution in [0.5, 0.6) is 5.75 Å². The van der Waals surface area contributed by atoms with Gasteiger partial charge in [0.05, 0.1) is 31.1 Å². The first-order valence-electron chi connectivity index (χ1n) is 11.6. The Morgan fingerprint density at radius 3 is 2.67 bits per heavy atom. The van der Waals surface area contributed by atoms with Gasteiger partial charge in [0.15, 0.2) is 5.52 Å². The third kappa shape index (κ3) is 4.64. The number of nitrogens with zero attached hydrogens (tertiary/aromatic N) is 4. The van der Waals surface area contributed by atoms with Gasteiger partial charge in [-0.05, 0) is 31.9 Å². The standard InChI is InChI=1S/C24H31N5O4/c1-4-8-18-20-21(27-29(18)16(3)24(31)28-11-14-32-15-12-28)23(30)26-22(25-20)17-9-6-7-10-19(17)33-13-5-2/h6-7,9-10,16H,4-5,8,11-15H2,1-3H3,(H,25,26,30)/t16-/m1/s1. The molecule has 0 spiro atoms. The zero-order valence-corrected chi connectivity index (χ0v) is 19.5. The Kier molecular flexibility index (Phi) is 7.08. The van der Waals surface area contributed by atoms with E-state index in [1.165, 1.54) is 0 Å². The van der Waals surface area contributed by atoms with Crippen molar-refractivity contribution in [2.45, 2.75) is 46.1 Å². The summed E-state index contributed by atoms with van der Waals surface area (Å²) < 4.78 is 12.9. The monoisotopic (exact) mass is 453 g/mol. The number of H-pyrrole nitrogens is 1. The molecule has 1 aliphatic rings. The first kappa shape index (κ1) is 23.0. The number of fused-ring (bicyclic) bond motifs is 1. The molecule has 1 amide bonds. The van der Waals surface area contributed by atoms with Crippen LogP contribution in [-0.2, 0) is 16.0 Å². The number of rotatable bonds is 8. The van der Waals surface area contributed by atoms with Crippen LogP contribution in [0.15, 0.2) is 29.1 Å². The normalized spacial score (nSPS) is 15.1. The molecular weight excluding hydrogens is 422 g/mol. The van der Waals surface area contributed by atoms with Crippen LogP contribution < -0.4 is 10.3 Å². The molecule has 9 heteroatoms. The van der Waals surface area contributed by atoms with Gasteiger partial charge in [0.25, 0.3) is 5.56 Å². The number of hydrogen-bond acceptors (Lipinski definition) is 6. The Bertz CT molecular complexity index is 1180. The van der Waals surface area contributed by atoms with Gasteiger partial charge in [0, 0.05) is 13.1 Å². The number of amides is 1. The summed E-state index contributed by atoms with van der Waals surface area (Å²) >= 11 is 0. The van der Waals surface area contributed by atoms with E-state index in [1.807, 2.05) is 38.1 Å². The maximum atomic E-state index is 13.1. The van der Waals surface area contributed by atoms with Crippen molar-refractivity contribution in [3.05, 3.63) is 40.3 Å². The Balaban J connectivity index is 1.79. The summed E-state index contributed by atoms with van der Waals surface area (Å²) in [5, 5.41) is 4.55. The molecule has 1 saturated heterocycles. The van der Waals surface area contributed by atoms with Gasteiger partial charge in [0.2, 0.25) is 5.91 Å². The molecule has 9 nitrogen and oxygen atoms in total. The number of aromatic nitrogens is 4. The number of carbonyl (C=O) groups is 1. The third-order valence-corrected chi connectivity index (χ3v) is 5.79. The maximum Gasteiger partial charge on any atom is 0.279 e. The number of hydrogen-bond donors (Lipinski definition) is 1. The second kappa shape index (κ2) is 10.2. The summed E-state index contributed by atoms with van der Waals surface area (Å²) in [7, 11) is 0. The average Bonchev–Trinajstić information content (AvgIpc) is 3.21. The number of para-hydroxylation sites is 1. The number of benzene rings is 1. The molecule has 33 heavy (non-hydrogen) atoms. The fourth-order valence-electron chi connectivity index (χ4n) is 4.11. The van der Waals surface area contributed by atoms with E-state index in [-0.39, 0.29) is 17.0 Å². The zero-order chi connectivity index (χ0) is 23.4. The highest BCUT2D eigenvalue weighted by molar-refractivity contribution is 5.83. The van der Waals surface area contributed by atoms with E-state index in [2.05, 4.69) is 17.0 Å². The molecule has 176 valence electrons. The van der Waals surface area contributed by atoms with Gasteiger partial charge in [-0.3, -0.25) is 14.3 Å². The summed E-state index contributed by atoms with van der Waals surface area (Å²) in [4.78, 5) is 35.6. The van der Waals surface area contributed by atoms with Gasteiger partial charge in [-0.1, -0.05) is 32.4 Å². The minimum atomic E-state index is -0.540. The van der Waals surface area contributed by atoms with Crippen molar-refractivity contribution in [3.63, 3.8) is 0 Å². The number of aromatic amines is 1. The van der Waals surface area contributed by atoms with E-state index in [0.717, 1.165) is 24.1 Å². The number of nitrogens with one attached hydrogen (secondary N) is 1. The lowest BCUT2D eigenvalue weighted by molar-refractivity contribution is -0.138. The second-order valence-electron chi connectivity index (χ2n) is 8.21. The fourth-order valence-corrected chi connectivity index (χ4v) is 4.11. The van der Waals surface area contributed by atoms with Gasteiger partial charge in [-0.2, -0.15) is 5.10 Å². The number of ether oxygens (including phenoxy) is 2. The van der Waals surface area contributed by atoms with E-state index < -0.39 is 6.04 Å². The minimum absolute atomic E-state index is 0.0292. The SMILES string of the molecule is CCCOc1ccccc1-c1nc2c(CCC)n([C@H](C)C(=O)N3CCOCC3)nc2c(=O)[nH]1. The Hall–Kier alpha value is -3.20. The average molecular weight is 454 g/mol. The first-order valence-corrected chi connectivity index (χ1v) is 11.6. The van der Waals surface area contributed by atoms with Gasteiger partial charge in [-0.25, -0.2) is 4.98 Å². The predicted molar refractivity (Wildman–Crippen MR) is 125 cm³/mol. The summed E-state index contributed by atoms with van der Waals surface area (Å²) in [6.45, 7) is 8.68. The van der Waals surface area contributed by atoms with Crippen LogP contribution in [0.4, 0.5) is 0 Å². The van der Waals surface area contributed by atoms with Crippen molar-refractivity contribution in [1.29, 1.82) is 0 Å². The van der Waals surface area contributed by atoms with Crippen LogP contribution >= 0.6 is 0 Å². The number of aryl methyl sites for hydroxylation is 1. The van der Waals surface area contributed by atoms with Crippen molar-refractivity contribution < 1.29 is 14.3 Å². The van der Waals surface area contributed by atoms with Gasteiger partial charge >= 0.3 is 0 Å². The lowest BCUT2D eigenvalue weighted by Gasteiger charge is -2.29. The molecule has 3 aromatic rings. The van der Waals surface area contributed by atoms with Crippen molar-refractivity contribution >= 4 is 16.9 Å². The van der Waals surface area contributed by atoms with Crippen LogP contribution in [-0.4, -0.2) is 63.5 Å². The second-order valence-corrected chi connectivity index (χ2v) is 8.21. The van der Waals surface area contributed by atoms with Crippen molar-refractivity contribution in [2.24, 2.45) is 0 Å². The van der Waals surface area contributed by atoms with E-state index >= 15 is 0 Å². The third-order valence-electron chi connectivity index (χ3n) is 5.79. The highest BCUT2D eigenvalue weighted by Gasteiger charge is 2.28. The van der Waals surface area contributed by atoms with Crippen LogP contribution in [0.1, 0.15) is 45.3 Å². The fraction of sp³-hybridized carbons (Fsp3) is 0.500. The summed E-state index contributed by atoms with van der Waals surface area (Å²) in [5.74, 6) is 1.07. The lowest BCUT2D eigenvalue weighted by atomic mass is 10.1. The first-order chi connectivity index (χ1) is 16.0. The summed E-state index contributed by atoms with van der Waals surface area (Å²) in [5.41, 5.74) is 1.96. The van der Waals surface area contributed by atoms with Gasteiger partial charge in [-0.15, -0.1) is 0 Å². The molecule has 2 aromatic heterocycles. The molecule has 1 atom stereocenters. The minimum Gasteiger partial charge on any atom is -0.493 e. The molecule has 4 rings (SSSR count). The molecule has 0 radical (unpaired) electrons. The smallest absolute Gasteiger partial charge is 0.279 e. The van der Waals surface area contributed by atoms with Gasteiger partial charge in [0.1, 0.15) is 23.1 Å². The molecule has 0 bridgehead atoms. The molecule has 1 aromatic carbocycles. The lowest BCUT2D eigenvalue weighted by Crippen LogP contribution is -2.44. The highest BCUT2D eigenvalue weighted by Crippen LogP contribution is 2.29. The van der Waals surface area contributed by atoms with E-state index in [1.54, 1.807) is 9.58 Å². The largest absolute Gasteiger partial charge is 0.493 e. The molecule has 1 N–H and O–H groups in total. The molecule has 0 unspecified atom stereocenters. The van der Waals surface area contributed by atoms with E-state index in [9.17, 15) is 9.59 Å². The zero-order valence-electron chi connectivity index (χ0n) is 19.5. The van der Waals surface area contributed by atoms with Crippen LogP contribution in [0.3, 0.4) is 0 Å². The van der Waals surface area contributed by atoms with Crippen LogP contribution in [0.25, 0.3) is 22.4 Å². The van der Waals surface area contributed by atoms with Crippen LogP contribution in [0, 0.1) is 0 Å². The van der Waals surface area contributed by atoms with Gasteiger partial charge < -0.3 is 19.4 Å². The molecule has 1 aliphatic heterocycles. The summed E-state index contributed by atoms with van der Waals surface area (Å²) in [6.07, 6.45) is 2.36. The molecular formula is C24H31N5O4. The van der Waals surface area contributed by atoms with E-state index in [4.69, 9.17) is 14.5 Å². The van der Waals surface area contributed by atoms with Crippen LogP contribution in [0.2, 0.25) is 0 Å². The van der Waals surface area contributed by atoms with Crippen molar-refractivity contribution in [2.75, 3.05) is 32.9 Å². The Labute approximate surface area is 192 Å². The Morgan fingerprint density at radius 1 is 1.18 bits per heavy atom. The number of morpholine rings is 1. The molecule has 3 heterocycles. The van der Waals surface area contributed by atoms with Crippen molar-refractivity contribution in [3.8, 4) is 17.1 Å². The maximum absolute atomic E-state index is 13.1. The molecule has 1 fully saturated rings. The van der Waals surface area contributed by atoms with E-state index in [0.29, 0.717) is 56.4 Å². The number of carbonyl (C=O) groups excluding carboxylic acids is 1. The Morgan fingerprint density at radius 2 is 1.94 bits per heavy atom.